The van der Waals surface area contributed by atoms with Gasteiger partial charge in [0.25, 0.3) is 5.91 Å². The topological polar surface area (TPSA) is 46.3 Å². The van der Waals surface area contributed by atoms with Crippen LogP contribution in [-0.2, 0) is 0 Å². The highest BCUT2D eigenvalue weighted by molar-refractivity contribution is 5.93. The predicted molar refractivity (Wildman–Crippen MR) is 89.5 cm³/mol. The minimum Gasteiger partial charge on any atom is -0.445 e. The monoisotopic (exact) mass is 312 g/mol. The first-order valence-electron chi connectivity index (χ1n) is 8.34. The van der Waals surface area contributed by atoms with Gasteiger partial charge in [0.15, 0.2) is 11.6 Å². The standard InChI is InChI=1S/C19H24N2O2/c1-13-18(20-14(2)23-13)19(22)21(3)17-12-8-7-11-16(17)15-9-5-4-6-10-15/h4-6,9-10,16-17H,7-8,11-12H2,1-3H3/t16-,17-/m1/s1. The van der Waals surface area contributed by atoms with Crippen LogP contribution in [0.15, 0.2) is 34.7 Å². The number of amides is 1. The molecule has 1 aliphatic rings. The summed E-state index contributed by atoms with van der Waals surface area (Å²) < 4.78 is 5.43. The van der Waals surface area contributed by atoms with Gasteiger partial charge in [0.1, 0.15) is 5.76 Å². The van der Waals surface area contributed by atoms with Crippen molar-refractivity contribution < 1.29 is 9.21 Å². The van der Waals surface area contributed by atoms with Crippen molar-refractivity contribution in [2.45, 2.75) is 51.5 Å². The lowest BCUT2D eigenvalue weighted by molar-refractivity contribution is 0.0662. The lowest BCUT2D eigenvalue weighted by Gasteiger charge is -2.38. The second-order valence-electron chi connectivity index (χ2n) is 6.42. The van der Waals surface area contributed by atoms with Crippen LogP contribution in [0.2, 0.25) is 0 Å². The second kappa shape index (κ2) is 6.57. The van der Waals surface area contributed by atoms with E-state index in [-0.39, 0.29) is 11.9 Å². The SMILES string of the molecule is Cc1nc(C(=O)N(C)[C@@H]2CCCC[C@@H]2c2ccccc2)c(C)o1. The highest BCUT2D eigenvalue weighted by Crippen LogP contribution is 2.36. The van der Waals surface area contributed by atoms with E-state index in [9.17, 15) is 4.79 Å². The van der Waals surface area contributed by atoms with Gasteiger partial charge in [0, 0.05) is 25.9 Å². The van der Waals surface area contributed by atoms with Crippen LogP contribution in [0.3, 0.4) is 0 Å². The van der Waals surface area contributed by atoms with Gasteiger partial charge in [-0.15, -0.1) is 0 Å². The molecule has 0 N–H and O–H groups in total. The molecule has 23 heavy (non-hydrogen) atoms. The van der Waals surface area contributed by atoms with Gasteiger partial charge < -0.3 is 9.32 Å². The highest BCUT2D eigenvalue weighted by Gasteiger charge is 2.33. The van der Waals surface area contributed by atoms with E-state index in [2.05, 4.69) is 29.2 Å². The summed E-state index contributed by atoms with van der Waals surface area (Å²) in [5, 5.41) is 0. The molecular formula is C19H24N2O2. The number of carbonyl (C=O) groups is 1. The molecule has 0 saturated heterocycles. The van der Waals surface area contributed by atoms with Gasteiger partial charge in [-0.3, -0.25) is 4.79 Å². The molecule has 0 bridgehead atoms. The molecule has 122 valence electrons. The Bertz CT molecular complexity index is 678. The Balaban J connectivity index is 1.85. The number of rotatable bonds is 3. The number of hydrogen-bond acceptors (Lipinski definition) is 3. The summed E-state index contributed by atoms with van der Waals surface area (Å²) in [6.07, 6.45) is 4.56. The Morgan fingerprint density at radius 3 is 2.52 bits per heavy atom. The molecule has 2 aromatic rings. The Morgan fingerprint density at radius 2 is 1.87 bits per heavy atom. The predicted octanol–water partition coefficient (Wildman–Crippen LogP) is 4.09. The Labute approximate surface area is 137 Å². The summed E-state index contributed by atoms with van der Waals surface area (Å²) in [5.74, 6) is 1.51. The fourth-order valence-electron chi connectivity index (χ4n) is 3.71. The third kappa shape index (κ3) is 3.16. The maximum Gasteiger partial charge on any atom is 0.276 e. The summed E-state index contributed by atoms with van der Waals surface area (Å²) in [6.45, 7) is 3.58. The Morgan fingerprint density at radius 1 is 1.17 bits per heavy atom. The van der Waals surface area contributed by atoms with Crippen LogP contribution in [0.5, 0.6) is 0 Å². The van der Waals surface area contributed by atoms with Gasteiger partial charge in [0.2, 0.25) is 0 Å². The minimum atomic E-state index is -0.0350. The molecule has 0 spiro atoms. The number of hydrogen-bond donors (Lipinski definition) is 0. The zero-order valence-electron chi connectivity index (χ0n) is 14.1. The summed E-state index contributed by atoms with van der Waals surface area (Å²) in [5.41, 5.74) is 1.77. The van der Waals surface area contributed by atoms with Crippen molar-refractivity contribution in [3.8, 4) is 0 Å². The number of carbonyl (C=O) groups excluding carboxylic acids is 1. The van der Waals surface area contributed by atoms with E-state index in [1.807, 2.05) is 18.0 Å². The quantitative estimate of drug-likeness (QED) is 0.857. The first-order valence-corrected chi connectivity index (χ1v) is 8.34. The van der Waals surface area contributed by atoms with Gasteiger partial charge in [-0.2, -0.15) is 0 Å². The molecule has 4 nitrogen and oxygen atoms in total. The molecule has 1 aromatic heterocycles. The molecule has 0 unspecified atom stereocenters. The maximum absolute atomic E-state index is 12.9. The summed E-state index contributed by atoms with van der Waals surface area (Å²) >= 11 is 0. The summed E-state index contributed by atoms with van der Waals surface area (Å²) in [6, 6.07) is 10.8. The Hall–Kier alpha value is -2.10. The van der Waals surface area contributed by atoms with E-state index in [1.165, 1.54) is 18.4 Å². The van der Waals surface area contributed by atoms with Gasteiger partial charge in [0.05, 0.1) is 0 Å². The van der Waals surface area contributed by atoms with E-state index in [0.29, 0.717) is 23.3 Å². The number of aromatic nitrogens is 1. The highest BCUT2D eigenvalue weighted by atomic mass is 16.4. The average molecular weight is 312 g/mol. The normalized spacial score (nSPS) is 21.2. The molecule has 0 aliphatic heterocycles. The van der Waals surface area contributed by atoms with Crippen molar-refractivity contribution in [3.63, 3.8) is 0 Å². The van der Waals surface area contributed by atoms with Crippen LogP contribution in [0.25, 0.3) is 0 Å². The van der Waals surface area contributed by atoms with Crippen molar-refractivity contribution >= 4 is 5.91 Å². The van der Waals surface area contributed by atoms with Crippen molar-refractivity contribution in [2.24, 2.45) is 0 Å². The summed E-state index contributed by atoms with van der Waals surface area (Å²) in [4.78, 5) is 19.0. The molecular weight excluding hydrogens is 288 g/mol. The van der Waals surface area contributed by atoms with Crippen molar-refractivity contribution in [2.75, 3.05) is 7.05 Å². The van der Waals surface area contributed by atoms with Crippen LogP contribution >= 0.6 is 0 Å². The Kier molecular flexibility index (Phi) is 4.51. The van der Waals surface area contributed by atoms with Crippen LogP contribution in [0.1, 0.15) is 59.3 Å². The number of oxazole rings is 1. The third-order valence-electron chi connectivity index (χ3n) is 4.88. The van der Waals surface area contributed by atoms with Crippen molar-refractivity contribution in [1.29, 1.82) is 0 Å². The van der Waals surface area contributed by atoms with E-state index < -0.39 is 0 Å². The van der Waals surface area contributed by atoms with Gasteiger partial charge in [-0.25, -0.2) is 4.98 Å². The average Bonchev–Trinajstić information content (AvgIpc) is 2.92. The minimum absolute atomic E-state index is 0.0350. The molecule has 1 saturated carbocycles. The molecule has 4 heteroatoms. The molecule has 1 aromatic carbocycles. The number of nitrogens with zero attached hydrogens (tertiary/aromatic N) is 2. The van der Waals surface area contributed by atoms with Gasteiger partial charge in [-0.05, 0) is 25.3 Å². The van der Waals surface area contributed by atoms with E-state index in [1.54, 1.807) is 13.8 Å². The van der Waals surface area contributed by atoms with Crippen molar-refractivity contribution in [1.82, 2.24) is 9.88 Å². The zero-order valence-corrected chi connectivity index (χ0v) is 14.1. The smallest absolute Gasteiger partial charge is 0.276 e. The molecule has 1 fully saturated rings. The third-order valence-corrected chi connectivity index (χ3v) is 4.88. The zero-order chi connectivity index (χ0) is 16.4. The van der Waals surface area contributed by atoms with Crippen LogP contribution in [0, 0.1) is 13.8 Å². The number of benzene rings is 1. The van der Waals surface area contributed by atoms with Crippen LogP contribution in [0.4, 0.5) is 0 Å². The molecule has 2 atom stereocenters. The van der Waals surface area contributed by atoms with E-state index in [0.717, 1.165) is 12.8 Å². The lowest BCUT2D eigenvalue weighted by Crippen LogP contribution is -2.42. The fourth-order valence-corrected chi connectivity index (χ4v) is 3.71. The first-order chi connectivity index (χ1) is 11.1. The molecule has 1 amide bonds. The van der Waals surface area contributed by atoms with Crippen LogP contribution < -0.4 is 0 Å². The number of likely N-dealkylation sites (N-methyl/N-ethyl adjacent to an activating group) is 1. The molecule has 0 radical (unpaired) electrons. The summed E-state index contributed by atoms with van der Waals surface area (Å²) in [7, 11) is 1.90. The van der Waals surface area contributed by atoms with Gasteiger partial charge in [-0.1, -0.05) is 43.2 Å². The fraction of sp³-hybridized carbons (Fsp3) is 0.474. The van der Waals surface area contributed by atoms with Crippen molar-refractivity contribution in [3.05, 3.63) is 53.2 Å². The van der Waals surface area contributed by atoms with Crippen LogP contribution in [-0.4, -0.2) is 28.9 Å². The molecule has 1 aliphatic carbocycles. The molecule has 3 rings (SSSR count). The largest absolute Gasteiger partial charge is 0.445 e. The lowest BCUT2D eigenvalue weighted by atomic mass is 9.79. The van der Waals surface area contributed by atoms with E-state index in [4.69, 9.17) is 4.42 Å². The first kappa shape index (κ1) is 15.8. The second-order valence-corrected chi connectivity index (χ2v) is 6.42. The van der Waals surface area contributed by atoms with E-state index >= 15 is 0 Å². The van der Waals surface area contributed by atoms with Gasteiger partial charge >= 0.3 is 0 Å². The molecule has 1 heterocycles. The maximum atomic E-state index is 12.9. The number of aryl methyl sites for hydroxylation is 2.